The molecule has 1 aromatic rings. The van der Waals surface area contributed by atoms with E-state index >= 15 is 0 Å². The second kappa shape index (κ2) is 5.79. The first-order chi connectivity index (χ1) is 12.0. The van der Waals surface area contributed by atoms with Gasteiger partial charge in [-0.3, -0.25) is 14.9 Å². The molecule has 0 aromatic heterocycles. The number of methoxy groups -OCH3 is 2. The lowest BCUT2D eigenvalue weighted by molar-refractivity contribution is -0.170. The number of rotatable bonds is 3. The Morgan fingerprint density at radius 1 is 1.28 bits per heavy atom. The van der Waals surface area contributed by atoms with Crippen LogP contribution >= 0.6 is 0 Å². The third-order valence-electron chi connectivity index (χ3n) is 5.62. The SMILES string of the molecule is COC(=O)[C@@]1(C)N[C@@H](c2ccc(OC)cc2)[C@H]2C(=O)[C@@H]3OC[C@@H](O3)[C@H]21. The van der Waals surface area contributed by atoms with E-state index in [1.807, 2.05) is 24.3 Å². The van der Waals surface area contributed by atoms with Crippen LogP contribution in [0, 0.1) is 11.8 Å². The average molecular weight is 347 g/mol. The first kappa shape index (κ1) is 16.5. The van der Waals surface area contributed by atoms with Crippen LogP contribution in [0.4, 0.5) is 0 Å². The molecule has 1 aromatic carbocycles. The standard InChI is InChI=1S/C18H21NO6/c1-18(17(21)23-3)13-11-8-24-16(25-11)15(20)12(13)14(19-18)9-4-6-10(22-2)7-5-9/h4-7,11-14,16,19H,8H2,1-3H3/t11-,12+,13-,14+,16-,18+/m1/s1. The van der Waals surface area contributed by atoms with E-state index < -0.39 is 23.7 Å². The molecule has 0 aliphatic carbocycles. The van der Waals surface area contributed by atoms with Gasteiger partial charge in [0, 0.05) is 12.0 Å². The minimum absolute atomic E-state index is 0.125. The molecule has 3 heterocycles. The summed E-state index contributed by atoms with van der Waals surface area (Å²) in [5.74, 6) is -0.558. The highest BCUT2D eigenvalue weighted by molar-refractivity contribution is 5.91. The average Bonchev–Trinajstić information content (AvgIpc) is 3.20. The van der Waals surface area contributed by atoms with Gasteiger partial charge in [-0.2, -0.15) is 0 Å². The first-order valence-electron chi connectivity index (χ1n) is 8.30. The van der Waals surface area contributed by atoms with Crippen LogP contribution < -0.4 is 10.1 Å². The first-order valence-corrected chi connectivity index (χ1v) is 8.30. The fourth-order valence-electron chi connectivity index (χ4n) is 4.44. The van der Waals surface area contributed by atoms with Gasteiger partial charge in [-0.15, -0.1) is 0 Å². The molecule has 3 aliphatic rings. The smallest absolute Gasteiger partial charge is 0.326 e. The van der Waals surface area contributed by atoms with Gasteiger partial charge in [-0.05, 0) is 24.6 Å². The van der Waals surface area contributed by atoms with Crippen molar-refractivity contribution in [3.63, 3.8) is 0 Å². The normalized spacial score (nSPS) is 39.2. The van der Waals surface area contributed by atoms with E-state index in [0.29, 0.717) is 6.61 Å². The second-order valence-electron chi connectivity index (χ2n) is 6.88. The van der Waals surface area contributed by atoms with Crippen molar-refractivity contribution in [3.8, 4) is 5.75 Å². The minimum Gasteiger partial charge on any atom is -0.497 e. The fourth-order valence-corrected chi connectivity index (χ4v) is 4.44. The Morgan fingerprint density at radius 2 is 2.00 bits per heavy atom. The van der Waals surface area contributed by atoms with Gasteiger partial charge in [0.1, 0.15) is 11.3 Å². The van der Waals surface area contributed by atoms with E-state index in [0.717, 1.165) is 11.3 Å². The maximum absolute atomic E-state index is 12.9. The molecule has 0 spiro atoms. The number of fused-ring (bicyclic) bond motifs is 4. The van der Waals surface area contributed by atoms with Crippen molar-refractivity contribution in [2.45, 2.75) is 30.9 Å². The molecule has 3 saturated heterocycles. The van der Waals surface area contributed by atoms with Gasteiger partial charge in [0.25, 0.3) is 0 Å². The molecule has 3 aliphatic heterocycles. The topological polar surface area (TPSA) is 83.1 Å². The van der Waals surface area contributed by atoms with Crippen molar-refractivity contribution in [3.05, 3.63) is 29.8 Å². The van der Waals surface area contributed by atoms with Crippen molar-refractivity contribution < 1.29 is 28.5 Å². The number of nitrogens with one attached hydrogen (secondary N) is 1. The van der Waals surface area contributed by atoms with Gasteiger partial charge < -0.3 is 18.9 Å². The van der Waals surface area contributed by atoms with E-state index in [1.54, 1.807) is 14.0 Å². The number of esters is 1. The zero-order valence-electron chi connectivity index (χ0n) is 14.4. The highest BCUT2D eigenvalue weighted by Crippen LogP contribution is 2.51. The van der Waals surface area contributed by atoms with E-state index in [9.17, 15) is 9.59 Å². The molecule has 1 N–H and O–H groups in total. The predicted octanol–water partition coefficient (Wildman–Crippen LogP) is 0.828. The molecule has 0 saturated carbocycles. The van der Waals surface area contributed by atoms with Crippen LogP contribution in [0.3, 0.4) is 0 Å². The maximum atomic E-state index is 12.9. The summed E-state index contributed by atoms with van der Waals surface area (Å²) in [6, 6.07) is 7.18. The van der Waals surface area contributed by atoms with Crippen molar-refractivity contribution in [1.82, 2.24) is 5.32 Å². The third kappa shape index (κ3) is 2.30. The second-order valence-corrected chi connectivity index (χ2v) is 6.88. The van der Waals surface area contributed by atoms with Gasteiger partial charge in [-0.1, -0.05) is 12.1 Å². The van der Waals surface area contributed by atoms with E-state index in [2.05, 4.69) is 5.32 Å². The van der Waals surface area contributed by atoms with Gasteiger partial charge >= 0.3 is 5.97 Å². The summed E-state index contributed by atoms with van der Waals surface area (Å²) in [7, 11) is 2.95. The number of ether oxygens (including phenoxy) is 4. The Labute approximate surface area is 145 Å². The molecule has 0 unspecified atom stereocenters. The van der Waals surface area contributed by atoms with Crippen molar-refractivity contribution >= 4 is 11.8 Å². The van der Waals surface area contributed by atoms with Crippen LogP contribution in [0.5, 0.6) is 5.75 Å². The zero-order chi connectivity index (χ0) is 17.8. The molecule has 134 valence electrons. The molecule has 3 fully saturated rings. The van der Waals surface area contributed by atoms with Crippen LogP contribution in [0.1, 0.15) is 18.5 Å². The molecule has 4 rings (SSSR count). The minimum atomic E-state index is -1.02. The summed E-state index contributed by atoms with van der Waals surface area (Å²) in [6.07, 6.45) is -1.15. The van der Waals surface area contributed by atoms with Crippen LogP contribution in [0.2, 0.25) is 0 Å². The molecular weight excluding hydrogens is 326 g/mol. The Bertz CT molecular complexity index is 704. The number of hydrogen-bond acceptors (Lipinski definition) is 7. The lowest BCUT2D eigenvalue weighted by Gasteiger charge is -2.36. The molecule has 7 nitrogen and oxygen atoms in total. The Kier molecular flexibility index (Phi) is 3.82. The number of carbonyl (C=O) groups excluding carboxylic acids is 2. The predicted molar refractivity (Wildman–Crippen MR) is 85.9 cm³/mol. The Balaban J connectivity index is 1.77. The fraction of sp³-hybridized carbons (Fsp3) is 0.556. The summed E-state index contributed by atoms with van der Waals surface area (Å²) in [4.78, 5) is 25.4. The van der Waals surface area contributed by atoms with Crippen LogP contribution in [-0.4, -0.2) is 50.5 Å². The van der Waals surface area contributed by atoms with E-state index in [4.69, 9.17) is 18.9 Å². The van der Waals surface area contributed by atoms with Crippen molar-refractivity contribution in [2.24, 2.45) is 11.8 Å². The number of Topliss-reactive ketones (excluding diaryl/α,β-unsaturated/α-hetero) is 1. The van der Waals surface area contributed by atoms with Crippen LogP contribution in [0.15, 0.2) is 24.3 Å². The third-order valence-corrected chi connectivity index (χ3v) is 5.62. The summed E-state index contributed by atoms with van der Waals surface area (Å²) in [6.45, 7) is 2.08. The largest absolute Gasteiger partial charge is 0.497 e. The number of carbonyl (C=O) groups is 2. The number of benzene rings is 1. The lowest BCUT2D eigenvalue weighted by Crippen LogP contribution is -2.56. The molecule has 6 atom stereocenters. The van der Waals surface area contributed by atoms with Crippen molar-refractivity contribution in [2.75, 3.05) is 20.8 Å². The lowest BCUT2D eigenvalue weighted by atomic mass is 9.72. The maximum Gasteiger partial charge on any atom is 0.326 e. The Morgan fingerprint density at radius 3 is 2.64 bits per heavy atom. The monoisotopic (exact) mass is 347 g/mol. The zero-order valence-corrected chi connectivity index (χ0v) is 14.4. The van der Waals surface area contributed by atoms with Gasteiger partial charge in [0.15, 0.2) is 5.78 Å². The molecule has 0 amide bonds. The molecule has 0 radical (unpaired) electrons. The Hall–Kier alpha value is -1.96. The summed E-state index contributed by atoms with van der Waals surface area (Å²) in [5, 5.41) is 3.36. The van der Waals surface area contributed by atoms with E-state index in [-0.39, 0.29) is 23.8 Å². The molecule has 7 heteroatoms. The van der Waals surface area contributed by atoms with E-state index in [1.165, 1.54) is 7.11 Å². The molecule has 2 bridgehead atoms. The van der Waals surface area contributed by atoms with Crippen LogP contribution in [-0.2, 0) is 23.8 Å². The highest BCUT2D eigenvalue weighted by atomic mass is 16.7. The van der Waals surface area contributed by atoms with Gasteiger partial charge in [-0.25, -0.2) is 0 Å². The van der Waals surface area contributed by atoms with Crippen LogP contribution in [0.25, 0.3) is 0 Å². The quantitative estimate of drug-likeness (QED) is 0.811. The number of ketones is 1. The molecule has 25 heavy (non-hydrogen) atoms. The number of hydrogen-bond donors (Lipinski definition) is 1. The van der Waals surface area contributed by atoms with Crippen molar-refractivity contribution in [1.29, 1.82) is 0 Å². The molecular formula is C18H21NO6. The summed E-state index contributed by atoms with van der Waals surface area (Å²) in [5.41, 5.74) is -0.110. The van der Waals surface area contributed by atoms with Gasteiger partial charge in [0.05, 0.1) is 32.8 Å². The highest BCUT2D eigenvalue weighted by Gasteiger charge is 2.66. The summed E-state index contributed by atoms with van der Waals surface area (Å²) >= 11 is 0. The summed E-state index contributed by atoms with van der Waals surface area (Å²) < 4.78 is 21.4. The van der Waals surface area contributed by atoms with Gasteiger partial charge in [0.2, 0.25) is 6.29 Å².